The van der Waals surface area contributed by atoms with Crippen LogP contribution in [0.5, 0.6) is 0 Å². The first kappa shape index (κ1) is 28.0. The maximum absolute atomic E-state index is 12.5. The molecular formula is C28H38N2O5. The molecule has 7 heteroatoms. The molecule has 190 valence electrons. The predicted octanol–water partition coefficient (Wildman–Crippen LogP) is 4.25. The third-order valence-electron chi connectivity index (χ3n) is 5.48. The highest BCUT2D eigenvalue weighted by molar-refractivity contribution is 6.36. The molecule has 0 unspecified atom stereocenters. The molecule has 2 rings (SSSR count). The van der Waals surface area contributed by atoms with E-state index in [0.29, 0.717) is 19.3 Å². The molecule has 2 amide bonds. The normalized spacial score (nSPS) is 12.1. The van der Waals surface area contributed by atoms with Crippen molar-refractivity contribution in [1.82, 2.24) is 10.6 Å². The summed E-state index contributed by atoms with van der Waals surface area (Å²) in [6.45, 7) is 6.90. The molecule has 0 saturated carbocycles. The van der Waals surface area contributed by atoms with Crippen molar-refractivity contribution in [3.8, 4) is 0 Å². The number of amides is 2. The third-order valence-corrected chi connectivity index (χ3v) is 5.48. The molecule has 0 heterocycles. The Bertz CT molecular complexity index is 1030. The number of carbonyl (C=O) groups excluding carboxylic acids is 4. The summed E-state index contributed by atoms with van der Waals surface area (Å²) >= 11 is 0. The van der Waals surface area contributed by atoms with Gasteiger partial charge in [-0.05, 0) is 62.8 Å². The van der Waals surface area contributed by atoms with Crippen molar-refractivity contribution in [2.24, 2.45) is 0 Å². The average Bonchev–Trinajstić information content (AvgIpc) is 2.81. The van der Waals surface area contributed by atoms with Crippen LogP contribution in [0.25, 0.3) is 10.8 Å². The van der Waals surface area contributed by atoms with Gasteiger partial charge in [0.25, 0.3) is 5.91 Å². The SMILES string of the molecule is CCCC[C@H](NC(=O)C(=O)CCCCc1ccc2ccccc2c1)C(=O)NCC(=O)OC(C)(C)C. The number of fused-ring (bicyclic) bond motifs is 1. The second-order valence-corrected chi connectivity index (χ2v) is 9.78. The lowest BCUT2D eigenvalue weighted by molar-refractivity contribution is -0.154. The second kappa shape index (κ2) is 13.6. The molecule has 0 aliphatic rings. The Morgan fingerprint density at radius 2 is 1.66 bits per heavy atom. The monoisotopic (exact) mass is 482 g/mol. The number of hydrogen-bond acceptors (Lipinski definition) is 5. The van der Waals surface area contributed by atoms with Crippen LogP contribution in [0.3, 0.4) is 0 Å². The van der Waals surface area contributed by atoms with Gasteiger partial charge in [0, 0.05) is 6.42 Å². The second-order valence-electron chi connectivity index (χ2n) is 9.78. The lowest BCUT2D eigenvalue weighted by atomic mass is 10.0. The van der Waals surface area contributed by atoms with Crippen LogP contribution < -0.4 is 10.6 Å². The zero-order valence-electron chi connectivity index (χ0n) is 21.3. The summed E-state index contributed by atoms with van der Waals surface area (Å²) in [5.74, 6) is -2.36. The van der Waals surface area contributed by atoms with E-state index in [1.54, 1.807) is 20.8 Å². The standard InChI is InChI=1S/C28H38N2O5/c1-5-6-14-23(26(33)29-19-25(32)35-28(2,3)4)30-27(34)24(31)15-10-7-11-20-16-17-21-12-8-9-13-22(21)18-20/h8-9,12-13,16-18,23H,5-7,10-11,14-15,19H2,1-4H3,(H,29,33)(H,30,34)/t23-/m0/s1. The number of nitrogens with one attached hydrogen (secondary N) is 2. The van der Waals surface area contributed by atoms with E-state index in [2.05, 4.69) is 41.0 Å². The molecule has 0 spiro atoms. The van der Waals surface area contributed by atoms with Crippen molar-refractivity contribution in [1.29, 1.82) is 0 Å². The number of Topliss-reactive ketones (excluding diaryl/α,β-unsaturated/α-hetero) is 1. The van der Waals surface area contributed by atoms with Gasteiger partial charge >= 0.3 is 5.97 Å². The Morgan fingerprint density at radius 1 is 0.943 bits per heavy atom. The summed E-state index contributed by atoms with van der Waals surface area (Å²) in [7, 11) is 0. The van der Waals surface area contributed by atoms with Crippen molar-refractivity contribution in [2.45, 2.75) is 84.3 Å². The molecule has 0 aliphatic heterocycles. The fraction of sp³-hybridized carbons (Fsp3) is 0.500. The van der Waals surface area contributed by atoms with Crippen LogP contribution >= 0.6 is 0 Å². The third kappa shape index (κ3) is 10.3. The van der Waals surface area contributed by atoms with Gasteiger partial charge in [-0.25, -0.2) is 0 Å². The van der Waals surface area contributed by atoms with Gasteiger partial charge in [-0.2, -0.15) is 0 Å². The van der Waals surface area contributed by atoms with Crippen LogP contribution in [0.2, 0.25) is 0 Å². The summed E-state index contributed by atoms with van der Waals surface area (Å²) in [6, 6.07) is 13.6. The summed E-state index contributed by atoms with van der Waals surface area (Å²) in [5, 5.41) is 7.43. The molecule has 2 aromatic carbocycles. The van der Waals surface area contributed by atoms with Crippen molar-refractivity contribution < 1.29 is 23.9 Å². The zero-order valence-corrected chi connectivity index (χ0v) is 21.3. The molecule has 1 atom stereocenters. The number of benzene rings is 2. The van der Waals surface area contributed by atoms with Crippen LogP contribution in [0.1, 0.15) is 71.8 Å². The maximum Gasteiger partial charge on any atom is 0.325 e. The lowest BCUT2D eigenvalue weighted by Crippen LogP contribution is -2.50. The van der Waals surface area contributed by atoms with Crippen molar-refractivity contribution in [3.63, 3.8) is 0 Å². The molecular weight excluding hydrogens is 444 g/mol. The van der Waals surface area contributed by atoms with Gasteiger partial charge < -0.3 is 15.4 Å². The molecule has 0 radical (unpaired) electrons. The fourth-order valence-corrected chi connectivity index (χ4v) is 3.70. The van der Waals surface area contributed by atoms with E-state index in [9.17, 15) is 19.2 Å². The van der Waals surface area contributed by atoms with Crippen LogP contribution in [-0.4, -0.2) is 41.8 Å². The van der Waals surface area contributed by atoms with Crippen LogP contribution in [0, 0.1) is 0 Å². The molecule has 35 heavy (non-hydrogen) atoms. The smallest absolute Gasteiger partial charge is 0.325 e. The molecule has 0 fully saturated rings. The van der Waals surface area contributed by atoms with Gasteiger partial charge in [0.15, 0.2) is 0 Å². The van der Waals surface area contributed by atoms with E-state index in [1.807, 2.05) is 19.1 Å². The van der Waals surface area contributed by atoms with Crippen LogP contribution in [0.15, 0.2) is 42.5 Å². The Kier molecular flexibility index (Phi) is 10.9. The highest BCUT2D eigenvalue weighted by atomic mass is 16.6. The summed E-state index contributed by atoms with van der Waals surface area (Å²) < 4.78 is 5.18. The number of unbranched alkanes of at least 4 members (excludes halogenated alkanes) is 2. The van der Waals surface area contributed by atoms with Gasteiger partial charge in [0.2, 0.25) is 11.7 Å². The first-order valence-electron chi connectivity index (χ1n) is 12.4. The lowest BCUT2D eigenvalue weighted by Gasteiger charge is -2.21. The first-order valence-corrected chi connectivity index (χ1v) is 12.4. The summed E-state index contributed by atoms with van der Waals surface area (Å²) in [6.07, 6.45) is 4.23. The molecule has 7 nitrogen and oxygen atoms in total. The van der Waals surface area contributed by atoms with E-state index < -0.39 is 35.2 Å². The fourth-order valence-electron chi connectivity index (χ4n) is 3.70. The largest absolute Gasteiger partial charge is 0.459 e. The zero-order chi connectivity index (χ0) is 25.8. The number of carbonyl (C=O) groups is 4. The average molecular weight is 483 g/mol. The topological polar surface area (TPSA) is 102 Å². The number of ether oxygens (including phenoxy) is 1. The van der Waals surface area contributed by atoms with Gasteiger partial charge in [-0.3, -0.25) is 19.2 Å². The first-order chi connectivity index (χ1) is 16.6. The minimum Gasteiger partial charge on any atom is -0.459 e. The highest BCUT2D eigenvalue weighted by Gasteiger charge is 2.24. The van der Waals surface area contributed by atoms with E-state index in [-0.39, 0.29) is 13.0 Å². The van der Waals surface area contributed by atoms with E-state index >= 15 is 0 Å². The summed E-state index contributed by atoms with van der Waals surface area (Å²) in [5.41, 5.74) is 0.542. The van der Waals surface area contributed by atoms with E-state index in [0.717, 1.165) is 19.3 Å². The Balaban J connectivity index is 1.79. The van der Waals surface area contributed by atoms with E-state index in [1.165, 1.54) is 16.3 Å². The molecule has 0 bridgehead atoms. The van der Waals surface area contributed by atoms with Gasteiger partial charge in [0.1, 0.15) is 18.2 Å². The minimum absolute atomic E-state index is 0.124. The van der Waals surface area contributed by atoms with Gasteiger partial charge in [-0.1, -0.05) is 62.2 Å². The van der Waals surface area contributed by atoms with Crippen molar-refractivity contribution in [2.75, 3.05) is 6.54 Å². The minimum atomic E-state index is -0.869. The molecule has 2 aromatic rings. The molecule has 0 saturated heterocycles. The predicted molar refractivity (Wildman–Crippen MR) is 137 cm³/mol. The quantitative estimate of drug-likeness (QED) is 0.252. The number of hydrogen-bond donors (Lipinski definition) is 2. The Morgan fingerprint density at radius 3 is 2.34 bits per heavy atom. The molecule has 0 aromatic heterocycles. The van der Waals surface area contributed by atoms with Gasteiger partial charge in [0.05, 0.1) is 0 Å². The van der Waals surface area contributed by atoms with Gasteiger partial charge in [-0.15, -0.1) is 0 Å². The van der Waals surface area contributed by atoms with Crippen molar-refractivity contribution >= 4 is 34.3 Å². The van der Waals surface area contributed by atoms with Crippen LogP contribution in [0.4, 0.5) is 0 Å². The summed E-state index contributed by atoms with van der Waals surface area (Å²) in [4.78, 5) is 49.2. The number of aryl methyl sites for hydroxylation is 1. The Labute approximate surface area is 208 Å². The number of ketones is 1. The number of esters is 1. The number of rotatable bonds is 13. The highest BCUT2D eigenvalue weighted by Crippen LogP contribution is 2.17. The van der Waals surface area contributed by atoms with Crippen LogP contribution in [-0.2, 0) is 30.3 Å². The molecule has 2 N–H and O–H groups in total. The molecule has 0 aliphatic carbocycles. The Hall–Kier alpha value is -3.22. The van der Waals surface area contributed by atoms with E-state index in [4.69, 9.17) is 4.74 Å². The maximum atomic E-state index is 12.5. The van der Waals surface area contributed by atoms with Crippen molar-refractivity contribution in [3.05, 3.63) is 48.0 Å².